The fourth-order valence-corrected chi connectivity index (χ4v) is 3.03. The molecule has 1 fully saturated rings. The first-order valence-corrected chi connectivity index (χ1v) is 9.58. The first-order valence-electron chi connectivity index (χ1n) is 9.58. The average molecular weight is 390 g/mol. The van der Waals surface area contributed by atoms with Gasteiger partial charge in [-0.2, -0.15) is 0 Å². The Morgan fingerprint density at radius 2 is 1.86 bits per heavy atom. The maximum Gasteiger partial charge on any atom is 0.274 e. The van der Waals surface area contributed by atoms with Crippen LogP contribution in [-0.4, -0.2) is 35.1 Å². The van der Waals surface area contributed by atoms with E-state index >= 15 is 0 Å². The summed E-state index contributed by atoms with van der Waals surface area (Å²) in [4.78, 5) is 20.8. The van der Waals surface area contributed by atoms with Gasteiger partial charge in [-0.3, -0.25) is 4.79 Å². The Kier molecular flexibility index (Phi) is 5.97. The molecule has 1 amide bonds. The number of benzene rings is 2. The van der Waals surface area contributed by atoms with Gasteiger partial charge in [-0.15, -0.1) is 0 Å². The van der Waals surface area contributed by atoms with Gasteiger partial charge in [0.05, 0.1) is 6.10 Å². The molecule has 1 unspecified atom stereocenters. The standard InChI is InChI=1S/C22H22N4O3/c27-22(20-13-21(25-15-24-20)23-14-19-7-4-12-28-19)26-16-8-10-18(11-9-16)29-17-5-2-1-3-6-17/h1-3,5-6,8-11,13,15,19H,4,7,12,14H2,(H,26,27)(H,23,24,25). The van der Waals surface area contributed by atoms with E-state index in [1.54, 1.807) is 30.3 Å². The molecule has 29 heavy (non-hydrogen) atoms. The fraction of sp³-hybridized carbons (Fsp3) is 0.227. The lowest BCUT2D eigenvalue weighted by Gasteiger charge is -2.11. The second-order valence-electron chi connectivity index (χ2n) is 6.70. The van der Waals surface area contributed by atoms with Crippen molar-refractivity contribution < 1.29 is 14.3 Å². The topological polar surface area (TPSA) is 85.4 Å². The number of carbonyl (C=O) groups is 1. The van der Waals surface area contributed by atoms with Gasteiger partial charge in [0.25, 0.3) is 5.91 Å². The van der Waals surface area contributed by atoms with Crippen LogP contribution in [0.15, 0.2) is 67.0 Å². The number of nitrogens with one attached hydrogen (secondary N) is 2. The summed E-state index contributed by atoms with van der Waals surface area (Å²) in [5, 5.41) is 6.04. The molecule has 148 valence electrons. The molecule has 2 N–H and O–H groups in total. The van der Waals surface area contributed by atoms with Crippen molar-refractivity contribution in [3.63, 3.8) is 0 Å². The van der Waals surface area contributed by atoms with E-state index in [0.29, 0.717) is 29.5 Å². The van der Waals surface area contributed by atoms with Gasteiger partial charge < -0.3 is 20.1 Å². The lowest BCUT2D eigenvalue weighted by atomic mass is 10.2. The molecule has 1 saturated heterocycles. The third-order valence-electron chi connectivity index (χ3n) is 4.53. The van der Waals surface area contributed by atoms with Crippen LogP contribution < -0.4 is 15.4 Å². The lowest BCUT2D eigenvalue weighted by Crippen LogP contribution is -2.20. The van der Waals surface area contributed by atoms with E-state index in [2.05, 4.69) is 20.6 Å². The van der Waals surface area contributed by atoms with E-state index in [1.807, 2.05) is 30.3 Å². The molecule has 7 nitrogen and oxygen atoms in total. The van der Waals surface area contributed by atoms with Crippen LogP contribution in [0.25, 0.3) is 0 Å². The van der Waals surface area contributed by atoms with Crippen molar-refractivity contribution in [1.29, 1.82) is 0 Å². The molecule has 7 heteroatoms. The summed E-state index contributed by atoms with van der Waals surface area (Å²) in [7, 11) is 0. The smallest absolute Gasteiger partial charge is 0.274 e. The number of carbonyl (C=O) groups excluding carboxylic acids is 1. The van der Waals surface area contributed by atoms with Gasteiger partial charge in [0.1, 0.15) is 29.3 Å². The van der Waals surface area contributed by atoms with Gasteiger partial charge >= 0.3 is 0 Å². The maximum atomic E-state index is 12.5. The zero-order chi connectivity index (χ0) is 19.9. The van der Waals surface area contributed by atoms with Crippen LogP contribution in [0.2, 0.25) is 0 Å². The van der Waals surface area contributed by atoms with E-state index in [-0.39, 0.29) is 12.0 Å². The van der Waals surface area contributed by atoms with Gasteiger partial charge in [-0.1, -0.05) is 18.2 Å². The molecule has 0 bridgehead atoms. The molecule has 1 aliphatic rings. The second kappa shape index (κ2) is 9.16. The zero-order valence-corrected chi connectivity index (χ0v) is 15.9. The first kappa shape index (κ1) is 18.9. The molecule has 0 saturated carbocycles. The monoisotopic (exact) mass is 390 g/mol. The lowest BCUT2D eigenvalue weighted by molar-refractivity contribution is 0.102. The highest BCUT2D eigenvalue weighted by Gasteiger charge is 2.16. The van der Waals surface area contributed by atoms with Crippen LogP contribution in [0, 0.1) is 0 Å². The van der Waals surface area contributed by atoms with Crippen molar-refractivity contribution in [2.24, 2.45) is 0 Å². The SMILES string of the molecule is O=C(Nc1ccc(Oc2ccccc2)cc1)c1cc(NCC2CCCO2)ncn1. The van der Waals surface area contributed by atoms with Crippen LogP contribution in [0.1, 0.15) is 23.3 Å². The van der Waals surface area contributed by atoms with E-state index in [1.165, 1.54) is 6.33 Å². The number of para-hydroxylation sites is 1. The summed E-state index contributed by atoms with van der Waals surface area (Å²) < 4.78 is 11.3. The molecule has 3 aromatic rings. The highest BCUT2D eigenvalue weighted by atomic mass is 16.5. The molecule has 1 atom stereocenters. The number of aromatic nitrogens is 2. The second-order valence-corrected chi connectivity index (χ2v) is 6.70. The van der Waals surface area contributed by atoms with E-state index < -0.39 is 0 Å². The third-order valence-corrected chi connectivity index (χ3v) is 4.53. The van der Waals surface area contributed by atoms with Crippen LogP contribution >= 0.6 is 0 Å². The summed E-state index contributed by atoms with van der Waals surface area (Å²) in [6, 6.07) is 18.3. The summed E-state index contributed by atoms with van der Waals surface area (Å²) in [5.74, 6) is 1.75. The van der Waals surface area contributed by atoms with E-state index in [0.717, 1.165) is 25.2 Å². The molecule has 0 spiro atoms. The number of ether oxygens (including phenoxy) is 2. The Morgan fingerprint density at radius 1 is 1.07 bits per heavy atom. The molecule has 1 aliphatic heterocycles. The van der Waals surface area contributed by atoms with Crippen molar-refractivity contribution >= 4 is 17.4 Å². The Labute approximate surface area is 169 Å². The first-order chi connectivity index (χ1) is 14.3. The number of amides is 1. The van der Waals surface area contributed by atoms with Crippen molar-refractivity contribution in [2.45, 2.75) is 18.9 Å². The predicted molar refractivity (Wildman–Crippen MR) is 110 cm³/mol. The summed E-state index contributed by atoms with van der Waals surface area (Å²) in [6.45, 7) is 1.47. The highest BCUT2D eigenvalue weighted by Crippen LogP contribution is 2.23. The summed E-state index contributed by atoms with van der Waals surface area (Å²) in [6.07, 6.45) is 3.69. The molecule has 1 aromatic heterocycles. The van der Waals surface area contributed by atoms with Crippen LogP contribution in [0.3, 0.4) is 0 Å². The molecule has 4 rings (SSSR count). The molecule has 0 radical (unpaired) electrons. The number of hydrogen-bond donors (Lipinski definition) is 2. The Balaban J connectivity index is 1.34. The van der Waals surface area contributed by atoms with Crippen molar-refractivity contribution in [2.75, 3.05) is 23.8 Å². The third kappa shape index (κ3) is 5.30. The number of hydrogen-bond acceptors (Lipinski definition) is 6. The minimum atomic E-state index is -0.302. The van der Waals surface area contributed by atoms with Gasteiger partial charge in [-0.05, 0) is 49.2 Å². The molecule has 2 heterocycles. The number of rotatable bonds is 7. The molecular formula is C22H22N4O3. The van der Waals surface area contributed by atoms with E-state index in [9.17, 15) is 4.79 Å². The molecular weight excluding hydrogens is 368 g/mol. The number of anilines is 2. The highest BCUT2D eigenvalue weighted by molar-refractivity contribution is 6.03. The van der Waals surface area contributed by atoms with Gasteiger partial charge in [0.2, 0.25) is 0 Å². The molecule has 0 aliphatic carbocycles. The minimum absolute atomic E-state index is 0.193. The quantitative estimate of drug-likeness (QED) is 0.631. The summed E-state index contributed by atoms with van der Waals surface area (Å²) >= 11 is 0. The van der Waals surface area contributed by atoms with Gasteiger partial charge in [0, 0.05) is 24.9 Å². The van der Waals surface area contributed by atoms with E-state index in [4.69, 9.17) is 9.47 Å². The normalized spacial score (nSPS) is 15.7. The van der Waals surface area contributed by atoms with Gasteiger partial charge in [-0.25, -0.2) is 9.97 Å². The number of nitrogens with zero attached hydrogens (tertiary/aromatic N) is 2. The predicted octanol–water partition coefficient (Wildman–Crippen LogP) is 4.11. The fourth-order valence-electron chi connectivity index (χ4n) is 3.03. The van der Waals surface area contributed by atoms with Crippen molar-refractivity contribution in [3.05, 3.63) is 72.7 Å². The maximum absolute atomic E-state index is 12.5. The molecule has 2 aromatic carbocycles. The van der Waals surface area contributed by atoms with Crippen LogP contribution in [0.5, 0.6) is 11.5 Å². The Bertz CT molecular complexity index is 942. The largest absolute Gasteiger partial charge is 0.457 e. The van der Waals surface area contributed by atoms with Crippen LogP contribution in [-0.2, 0) is 4.74 Å². The van der Waals surface area contributed by atoms with Crippen molar-refractivity contribution in [1.82, 2.24) is 9.97 Å². The zero-order valence-electron chi connectivity index (χ0n) is 15.9. The van der Waals surface area contributed by atoms with Crippen molar-refractivity contribution in [3.8, 4) is 11.5 Å². The van der Waals surface area contributed by atoms with Crippen LogP contribution in [0.4, 0.5) is 11.5 Å². The minimum Gasteiger partial charge on any atom is -0.457 e. The van der Waals surface area contributed by atoms with Gasteiger partial charge in [0.15, 0.2) is 0 Å². The Morgan fingerprint density at radius 3 is 2.62 bits per heavy atom. The average Bonchev–Trinajstić information content (AvgIpc) is 3.28. The summed E-state index contributed by atoms with van der Waals surface area (Å²) in [5.41, 5.74) is 0.947. The Hall–Kier alpha value is -3.45.